The lowest BCUT2D eigenvalue weighted by molar-refractivity contribution is 0.0614. The van der Waals surface area contributed by atoms with Crippen molar-refractivity contribution in [3.63, 3.8) is 0 Å². The Labute approximate surface area is 176 Å². The zero-order chi connectivity index (χ0) is 20.1. The molecule has 1 aliphatic carbocycles. The molecule has 1 amide bonds. The predicted molar refractivity (Wildman–Crippen MR) is 118 cm³/mol. The summed E-state index contributed by atoms with van der Waals surface area (Å²) in [6.45, 7) is 1.42. The van der Waals surface area contributed by atoms with E-state index in [-0.39, 0.29) is 5.91 Å². The number of aromatic nitrogens is 1. The van der Waals surface area contributed by atoms with Crippen LogP contribution in [0.2, 0.25) is 0 Å². The van der Waals surface area contributed by atoms with Crippen LogP contribution in [-0.2, 0) is 13.1 Å². The predicted octanol–water partition coefficient (Wildman–Crippen LogP) is 5.58. The van der Waals surface area contributed by atoms with Crippen LogP contribution in [0.15, 0.2) is 60.1 Å². The molecule has 1 saturated carbocycles. The minimum Gasteiger partial charge on any atom is -0.497 e. The molecule has 1 fully saturated rings. The monoisotopic (exact) mass is 408 g/mol. The Kier molecular flexibility index (Phi) is 6.35. The molecule has 5 heteroatoms. The highest BCUT2D eigenvalue weighted by Crippen LogP contribution is 2.27. The van der Waals surface area contributed by atoms with Crippen LogP contribution in [0.4, 0.5) is 0 Å². The Balaban J connectivity index is 1.56. The van der Waals surface area contributed by atoms with Crippen LogP contribution in [-0.4, -0.2) is 28.5 Å². The number of methoxy groups -OCH3 is 1. The van der Waals surface area contributed by atoms with Crippen molar-refractivity contribution in [3.05, 3.63) is 76.2 Å². The molecule has 3 aromatic rings. The summed E-state index contributed by atoms with van der Waals surface area (Å²) in [5.41, 5.74) is 2.36. The average Bonchev–Trinajstić information content (AvgIpc) is 3.45. The number of amides is 1. The number of carbonyl (C=O) groups is 1. The van der Waals surface area contributed by atoms with Crippen molar-refractivity contribution in [2.24, 2.45) is 0 Å². The molecule has 0 bridgehead atoms. The van der Waals surface area contributed by atoms with E-state index in [1.807, 2.05) is 29.6 Å². The van der Waals surface area contributed by atoms with Crippen LogP contribution in [0, 0.1) is 0 Å². The Bertz CT molecular complexity index is 926. The number of hydrogen-bond donors (Lipinski definition) is 0. The molecule has 0 spiro atoms. The molecule has 152 valence electrons. The maximum atomic E-state index is 13.3. The van der Waals surface area contributed by atoms with E-state index in [1.54, 1.807) is 7.11 Å². The summed E-state index contributed by atoms with van der Waals surface area (Å²) in [6.07, 6.45) is 8.02. The van der Waals surface area contributed by atoms with Crippen molar-refractivity contribution in [2.45, 2.75) is 51.2 Å². The van der Waals surface area contributed by atoms with Gasteiger partial charge in [-0.1, -0.05) is 37.5 Å². The highest BCUT2D eigenvalue weighted by atomic mass is 32.1. The summed E-state index contributed by atoms with van der Waals surface area (Å²) in [5, 5.41) is 1.98. The first-order valence-corrected chi connectivity index (χ1v) is 11.2. The van der Waals surface area contributed by atoms with Gasteiger partial charge in [-0.15, -0.1) is 11.3 Å². The van der Waals surface area contributed by atoms with Crippen LogP contribution in [0.25, 0.3) is 0 Å². The van der Waals surface area contributed by atoms with Gasteiger partial charge in [0.25, 0.3) is 5.91 Å². The molecular formula is C24H28N2O2S. The zero-order valence-electron chi connectivity index (χ0n) is 16.9. The van der Waals surface area contributed by atoms with Crippen molar-refractivity contribution in [1.29, 1.82) is 0 Å². The standard InChI is InChI=1S/C24H28N2O2S/c1-28-22-12-5-8-19(16-22)17-25-14-6-11-21(25)18-26(20-9-3-2-4-10-20)24(27)23-13-7-15-29-23/h5-8,11-16,20H,2-4,9-10,17-18H2,1H3. The second kappa shape index (κ2) is 9.31. The topological polar surface area (TPSA) is 34.5 Å². The third-order valence-electron chi connectivity index (χ3n) is 5.75. The Morgan fingerprint density at radius 2 is 2.00 bits per heavy atom. The Morgan fingerprint density at radius 1 is 1.14 bits per heavy atom. The molecule has 0 saturated heterocycles. The van der Waals surface area contributed by atoms with Gasteiger partial charge in [0.05, 0.1) is 18.5 Å². The summed E-state index contributed by atoms with van der Waals surface area (Å²) in [4.78, 5) is 16.2. The lowest BCUT2D eigenvalue weighted by Crippen LogP contribution is -2.41. The fraction of sp³-hybridized carbons (Fsp3) is 0.375. The van der Waals surface area contributed by atoms with Crippen molar-refractivity contribution < 1.29 is 9.53 Å². The molecule has 0 radical (unpaired) electrons. The minimum absolute atomic E-state index is 0.168. The van der Waals surface area contributed by atoms with E-state index in [9.17, 15) is 4.79 Å². The summed E-state index contributed by atoms with van der Waals surface area (Å²) in [6, 6.07) is 16.6. The van der Waals surface area contributed by atoms with E-state index in [0.717, 1.165) is 30.0 Å². The molecule has 0 atom stereocenters. The zero-order valence-corrected chi connectivity index (χ0v) is 17.7. The summed E-state index contributed by atoms with van der Waals surface area (Å²) < 4.78 is 7.60. The summed E-state index contributed by atoms with van der Waals surface area (Å²) in [5.74, 6) is 1.04. The quantitative estimate of drug-likeness (QED) is 0.511. The fourth-order valence-corrected chi connectivity index (χ4v) is 4.87. The van der Waals surface area contributed by atoms with Crippen molar-refractivity contribution in [2.75, 3.05) is 7.11 Å². The number of benzene rings is 1. The van der Waals surface area contributed by atoms with Crippen LogP contribution < -0.4 is 4.74 Å². The Hall–Kier alpha value is -2.53. The van der Waals surface area contributed by atoms with Crippen molar-refractivity contribution in [1.82, 2.24) is 9.47 Å². The lowest BCUT2D eigenvalue weighted by atomic mass is 9.94. The van der Waals surface area contributed by atoms with Crippen molar-refractivity contribution >= 4 is 17.2 Å². The van der Waals surface area contributed by atoms with Crippen LogP contribution in [0.1, 0.15) is 53.0 Å². The minimum atomic E-state index is 0.168. The maximum absolute atomic E-state index is 13.3. The average molecular weight is 409 g/mol. The number of ether oxygens (including phenoxy) is 1. The van der Waals surface area contributed by atoms with E-state index >= 15 is 0 Å². The van der Waals surface area contributed by atoms with Gasteiger partial charge in [-0.2, -0.15) is 0 Å². The number of nitrogens with zero attached hydrogens (tertiary/aromatic N) is 2. The summed E-state index contributed by atoms with van der Waals surface area (Å²) >= 11 is 1.53. The third kappa shape index (κ3) is 4.73. The molecule has 0 aliphatic heterocycles. The van der Waals surface area contributed by atoms with E-state index in [0.29, 0.717) is 12.6 Å². The second-order valence-electron chi connectivity index (χ2n) is 7.68. The number of hydrogen-bond acceptors (Lipinski definition) is 3. The molecule has 0 unspecified atom stereocenters. The molecular weight excluding hydrogens is 380 g/mol. The van der Waals surface area contributed by atoms with Crippen LogP contribution in [0.5, 0.6) is 5.75 Å². The van der Waals surface area contributed by atoms with Crippen molar-refractivity contribution in [3.8, 4) is 5.75 Å². The SMILES string of the molecule is COc1cccc(Cn2cccc2CN(C(=O)c2cccs2)C2CCCCC2)c1. The van der Waals surface area contributed by atoms with E-state index in [1.165, 1.54) is 41.9 Å². The lowest BCUT2D eigenvalue weighted by Gasteiger charge is -2.34. The normalized spacial score (nSPS) is 14.7. The number of thiophene rings is 1. The fourth-order valence-electron chi connectivity index (χ4n) is 4.19. The highest BCUT2D eigenvalue weighted by Gasteiger charge is 2.27. The van der Waals surface area contributed by atoms with Gasteiger partial charge in [-0.05, 0) is 54.1 Å². The van der Waals surface area contributed by atoms with Gasteiger partial charge < -0.3 is 14.2 Å². The van der Waals surface area contributed by atoms with Crippen LogP contribution in [0.3, 0.4) is 0 Å². The van der Waals surface area contributed by atoms with E-state index in [2.05, 4.69) is 39.9 Å². The van der Waals surface area contributed by atoms with E-state index < -0.39 is 0 Å². The van der Waals surface area contributed by atoms with E-state index in [4.69, 9.17) is 4.74 Å². The first-order valence-electron chi connectivity index (χ1n) is 10.4. The highest BCUT2D eigenvalue weighted by molar-refractivity contribution is 7.12. The Morgan fingerprint density at radius 3 is 2.76 bits per heavy atom. The van der Waals surface area contributed by atoms with Gasteiger partial charge in [-0.3, -0.25) is 4.79 Å². The molecule has 4 rings (SSSR count). The smallest absolute Gasteiger partial charge is 0.264 e. The maximum Gasteiger partial charge on any atom is 0.264 e. The first kappa shape index (κ1) is 19.8. The molecule has 0 N–H and O–H groups in total. The summed E-state index contributed by atoms with van der Waals surface area (Å²) in [7, 11) is 1.69. The molecule has 1 aromatic carbocycles. The molecule has 29 heavy (non-hydrogen) atoms. The molecule has 4 nitrogen and oxygen atoms in total. The molecule has 2 aromatic heterocycles. The molecule has 2 heterocycles. The van der Waals surface area contributed by atoms with Gasteiger partial charge in [0.2, 0.25) is 0 Å². The molecule has 1 aliphatic rings. The second-order valence-corrected chi connectivity index (χ2v) is 8.63. The van der Waals surface area contributed by atoms with Crippen LogP contribution >= 0.6 is 11.3 Å². The van der Waals surface area contributed by atoms with Gasteiger partial charge in [0.15, 0.2) is 0 Å². The largest absolute Gasteiger partial charge is 0.497 e. The van der Waals surface area contributed by atoms with Gasteiger partial charge in [-0.25, -0.2) is 0 Å². The number of carbonyl (C=O) groups excluding carboxylic acids is 1. The van der Waals surface area contributed by atoms with Gasteiger partial charge in [0, 0.05) is 24.5 Å². The third-order valence-corrected chi connectivity index (χ3v) is 6.61. The van der Waals surface area contributed by atoms with Gasteiger partial charge in [0.1, 0.15) is 5.75 Å². The number of rotatable bonds is 7. The first-order chi connectivity index (χ1) is 14.2. The van der Waals surface area contributed by atoms with Gasteiger partial charge >= 0.3 is 0 Å².